The van der Waals surface area contributed by atoms with E-state index < -0.39 is 0 Å². The third kappa shape index (κ3) is 2.81. The summed E-state index contributed by atoms with van der Waals surface area (Å²) in [6, 6.07) is 10.2. The zero-order valence-corrected chi connectivity index (χ0v) is 11.1. The Labute approximate surface area is 114 Å². The van der Waals surface area contributed by atoms with Crippen molar-refractivity contribution in [3.8, 4) is 0 Å². The molecular formula is C16H21NO2. The van der Waals surface area contributed by atoms with Crippen molar-refractivity contribution in [1.82, 2.24) is 5.32 Å². The highest BCUT2D eigenvalue weighted by atomic mass is 16.3. The van der Waals surface area contributed by atoms with Crippen LogP contribution < -0.4 is 5.32 Å². The molecular weight excluding hydrogens is 238 g/mol. The molecule has 0 heterocycles. The minimum Gasteiger partial charge on any atom is -0.391 e. The Kier molecular flexibility index (Phi) is 3.56. The lowest BCUT2D eigenvalue weighted by Gasteiger charge is -2.28. The lowest BCUT2D eigenvalue weighted by atomic mass is 9.92. The number of aliphatic hydroxyl groups is 1. The van der Waals surface area contributed by atoms with Gasteiger partial charge in [0.25, 0.3) is 0 Å². The van der Waals surface area contributed by atoms with E-state index in [4.69, 9.17) is 0 Å². The van der Waals surface area contributed by atoms with Gasteiger partial charge in [-0.05, 0) is 30.7 Å². The maximum Gasteiger partial charge on any atom is 0.224 e. The van der Waals surface area contributed by atoms with Crippen molar-refractivity contribution in [3.05, 3.63) is 35.9 Å². The van der Waals surface area contributed by atoms with E-state index in [1.165, 1.54) is 5.56 Å². The van der Waals surface area contributed by atoms with Gasteiger partial charge in [-0.25, -0.2) is 0 Å². The smallest absolute Gasteiger partial charge is 0.224 e. The van der Waals surface area contributed by atoms with Crippen molar-refractivity contribution in [2.75, 3.05) is 0 Å². The Morgan fingerprint density at radius 2 is 1.89 bits per heavy atom. The molecule has 2 N–H and O–H groups in total. The SMILES string of the molecule is O=C(N[C@H]1CCCC[C@@H]1O)C1CC1c1ccccc1. The number of rotatable bonds is 3. The molecule has 0 bridgehead atoms. The molecule has 0 radical (unpaired) electrons. The fraction of sp³-hybridized carbons (Fsp3) is 0.562. The van der Waals surface area contributed by atoms with Gasteiger partial charge in [0.1, 0.15) is 0 Å². The Balaban J connectivity index is 1.55. The van der Waals surface area contributed by atoms with E-state index in [1.807, 2.05) is 18.2 Å². The van der Waals surface area contributed by atoms with Crippen LogP contribution in [0.3, 0.4) is 0 Å². The minimum atomic E-state index is -0.355. The van der Waals surface area contributed by atoms with Crippen LogP contribution in [0.25, 0.3) is 0 Å². The molecule has 102 valence electrons. The molecule has 4 atom stereocenters. The molecule has 2 aliphatic carbocycles. The molecule has 1 amide bonds. The number of amides is 1. The molecule has 19 heavy (non-hydrogen) atoms. The van der Waals surface area contributed by atoms with Gasteiger partial charge in [-0.3, -0.25) is 4.79 Å². The largest absolute Gasteiger partial charge is 0.391 e. The first-order chi connectivity index (χ1) is 9.25. The van der Waals surface area contributed by atoms with Gasteiger partial charge in [-0.1, -0.05) is 43.2 Å². The first-order valence-corrected chi connectivity index (χ1v) is 7.29. The molecule has 3 heteroatoms. The highest BCUT2D eigenvalue weighted by Crippen LogP contribution is 2.47. The second kappa shape index (κ2) is 5.33. The van der Waals surface area contributed by atoms with E-state index in [2.05, 4.69) is 17.4 Å². The van der Waals surface area contributed by atoms with Crippen molar-refractivity contribution in [2.24, 2.45) is 5.92 Å². The van der Waals surface area contributed by atoms with Crippen LogP contribution in [0.4, 0.5) is 0 Å². The number of hydrogen-bond acceptors (Lipinski definition) is 2. The van der Waals surface area contributed by atoms with Gasteiger partial charge in [-0.15, -0.1) is 0 Å². The molecule has 1 aromatic rings. The van der Waals surface area contributed by atoms with Crippen LogP contribution in [0.15, 0.2) is 30.3 Å². The number of carbonyl (C=O) groups excluding carboxylic acids is 1. The molecule has 0 aliphatic heterocycles. The summed E-state index contributed by atoms with van der Waals surface area (Å²) in [5, 5.41) is 12.9. The van der Waals surface area contributed by atoms with Crippen molar-refractivity contribution in [1.29, 1.82) is 0 Å². The molecule has 0 saturated heterocycles. The number of nitrogens with one attached hydrogen (secondary N) is 1. The molecule has 3 nitrogen and oxygen atoms in total. The molecule has 0 spiro atoms. The van der Waals surface area contributed by atoms with Gasteiger partial charge < -0.3 is 10.4 Å². The van der Waals surface area contributed by atoms with E-state index in [9.17, 15) is 9.90 Å². The lowest BCUT2D eigenvalue weighted by Crippen LogP contribution is -2.45. The zero-order valence-electron chi connectivity index (χ0n) is 11.1. The Morgan fingerprint density at radius 1 is 1.16 bits per heavy atom. The number of benzene rings is 1. The number of carbonyl (C=O) groups is 1. The van der Waals surface area contributed by atoms with Crippen LogP contribution in [0.1, 0.15) is 43.6 Å². The van der Waals surface area contributed by atoms with E-state index >= 15 is 0 Å². The molecule has 1 aromatic carbocycles. The van der Waals surface area contributed by atoms with E-state index in [0.29, 0.717) is 5.92 Å². The second-order valence-corrected chi connectivity index (χ2v) is 5.83. The summed E-state index contributed by atoms with van der Waals surface area (Å²) in [6.45, 7) is 0. The predicted octanol–water partition coefficient (Wildman–Crippen LogP) is 2.21. The summed E-state index contributed by atoms with van der Waals surface area (Å²) in [6.07, 6.45) is 4.50. The summed E-state index contributed by atoms with van der Waals surface area (Å²) >= 11 is 0. The second-order valence-electron chi connectivity index (χ2n) is 5.83. The first kappa shape index (κ1) is 12.7. The molecule has 2 saturated carbocycles. The first-order valence-electron chi connectivity index (χ1n) is 7.29. The summed E-state index contributed by atoms with van der Waals surface area (Å²) in [5.41, 5.74) is 1.26. The molecule has 2 fully saturated rings. The van der Waals surface area contributed by atoms with Crippen LogP contribution >= 0.6 is 0 Å². The summed E-state index contributed by atoms with van der Waals surface area (Å²) in [7, 11) is 0. The monoisotopic (exact) mass is 259 g/mol. The van der Waals surface area contributed by atoms with Gasteiger partial charge in [0, 0.05) is 5.92 Å². The zero-order chi connectivity index (χ0) is 13.2. The van der Waals surface area contributed by atoms with Crippen molar-refractivity contribution in [2.45, 2.75) is 50.2 Å². The Bertz CT molecular complexity index is 445. The van der Waals surface area contributed by atoms with Crippen LogP contribution in [-0.4, -0.2) is 23.2 Å². The minimum absolute atomic E-state index is 0.0294. The van der Waals surface area contributed by atoms with Crippen molar-refractivity contribution < 1.29 is 9.90 Å². The molecule has 0 aromatic heterocycles. The average molecular weight is 259 g/mol. The number of aliphatic hydroxyl groups excluding tert-OH is 1. The van der Waals surface area contributed by atoms with Gasteiger partial charge in [0.05, 0.1) is 12.1 Å². The fourth-order valence-electron chi connectivity index (χ4n) is 3.12. The summed E-state index contributed by atoms with van der Waals surface area (Å²) < 4.78 is 0. The van der Waals surface area contributed by atoms with Gasteiger partial charge in [0.2, 0.25) is 5.91 Å². The van der Waals surface area contributed by atoms with Crippen LogP contribution in [0.5, 0.6) is 0 Å². The van der Waals surface area contributed by atoms with E-state index in [-0.39, 0.29) is 24.0 Å². The standard InChI is InChI=1S/C16H21NO2/c18-15-9-5-4-8-14(15)17-16(19)13-10-12(13)11-6-2-1-3-7-11/h1-3,6-7,12-15,18H,4-5,8-10H2,(H,17,19)/t12?,13?,14-,15-/m0/s1. The normalized spacial score (nSPS) is 33.7. The lowest BCUT2D eigenvalue weighted by molar-refractivity contribution is -0.124. The Hall–Kier alpha value is -1.35. The third-order valence-corrected chi connectivity index (χ3v) is 4.41. The highest BCUT2D eigenvalue weighted by Gasteiger charge is 2.44. The van der Waals surface area contributed by atoms with Gasteiger partial charge >= 0.3 is 0 Å². The molecule has 2 aliphatic rings. The summed E-state index contributed by atoms with van der Waals surface area (Å²) in [4.78, 5) is 12.2. The highest BCUT2D eigenvalue weighted by molar-refractivity contribution is 5.83. The van der Waals surface area contributed by atoms with Crippen LogP contribution in [0, 0.1) is 5.92 Å². The number of hydrogen-bond donors (Lipinski definition) is 2. The quantitative estimate of drug-likeness (QED) is 0.874. The maximum atomic E-state index is 12.2. The van der Waals surface area contributed by atoms with Gasteiger partial charge in [-0.2, -0.15) is 0 Å². The average Bonchev–Trinajstić information content (AvgIpc) is 3.23. The predicted molar refractivity (Wildman–Crippen MR) is 73.7 cm³/mol. The van der Waals surface area contributed by atoms with E-state index in [1.54, 1.807) is 0 Å². The maximum absolute atomic E-state index is 12.2. The van der Waals surface area contributed by atoms with E-state index in [0.717, 1.165) is 32.1 Å². The topological polar surface area (TPSA) is 49.3 Å². The summed E-state index contributed by atoms with van der Waals surface area (Å²) in [5.74, 6) is 0.610. The Morgan fingerprint density at radius 3 is 2.63 bits per heavy atom. The molecule has 2 unspecified atom stereocenters. The fourth-order valence-corrected chi connectivity index (χ4v) is 3.12. The van der Waals surface area contributed by atoms with Gasteiger partial charge in [0.15, 0.2) is 0 Å². The third-order valence-electron chi connectivity index (χ3n) is 4.41. The van der Waals surface area contributed by atoms with Crippen molar-refractivity contribution in [3.63, 3.8) is 0 Å². The van der Waals surface area contributed by atoms with Crippen molar-refractivity contribution >= 4 is 5.91 Å². The molecule has 3 rings (SSSR count). The van der Waals surface area contributed by atoms with Crippen LogP contribution in [-0.2, 0) is 4.79 Å². The van der Waals surface area contributed by atoms with Crippen LogP contribution in [0.2, 0.25) is 0 Å².